The summed E-state index contributed by atoms with van der Waals surface area (Å²) in [5.74, 6) is 1.56. The molecule has 154 valence electrons. The van der Waals surface area contributed by atoms with Gasteiger partial charge in [0.05, 0.1) is 19.3 Å². The third kappa shape index (κ3) is 6.71. The molecule has 1 aromatic heterocycles. The van der Waals surface area contributed by atoms with E-state index >= 15 is 0 Å². The highest BCUT2D eigenvalue weighted by atomic mass is 32.1. The van der Waals surface area contributed by atoms with Crippen molar-refractivity contribution in [3.8, 4) is 11.5 Å². The summed E-state index contributed by atoms with van der Waals surface area (Å²) >= 11 is 1.54. The van der Waals surface area contributed by atoms with E-state index < -0.39 is 0 Å². The van der Waals surface area contributed by atoms with E-state index in [0.717, 1.165) is 28.6 Å². The number of nitrogens with zero attached hydrogens (tertiary/aromatic N) is 2. The van der Waals surface area contributed by atoms with E-state index in [1.54, 1.807) is 18.4 Å². The first kappa shape index (κ1) is 22.0. The first-order valence-corrected chi connectivity index (χ1v) is 10.4. The second-order valence-corrected chi connectivity index (χ2v) is 8.70. The SMILES string of the molecule is CC[C@@H](C)N(Cc1csc(COc2ccc(OC)cc2)n1)C(=O)NC(C)(C)C. The van der Waals surface area contributed by atoms with Crippen LogP contribution >= 0.6 is 11.3 Å². The summed E-state index contributed by atoms with van der Waals surface area (Å²) in [6.07, 6.45) is 0.884. The Balaban J connectivity index is 1.98. The molecule has 0 radical (unpaired) electrons. The van der Waals surface area contributed by atoms with Crippen LogP contribution < -0.4 is 14.8 Å². The average molecular weight is 406 g/mol. The van der Waals surface area contributed by atoms with E-state index in [9.17, 15) is 4.79 Å². The van der Waals surface area contributed by atoms with Gasteiger partial charge in [-0.05, 0) is 58.4 Å². The van der Waals surface area contributed by atoms with Gasteiger partial charge in [-0.1, -0.05) is 6.92 Å². The van der Waals surface area contributed by atoms with Gasteiger partial charge < -0.3 is 19.7 Å². The minimum absolute atomic E-state index is 0.0640. The van der Waals surface area contributed by atoms with Crippen molar-refractivity contribution in [1.29, 1.82) is 0 Å². The molecule has 1 aromatic carbocycles. The summed E-state index contributed by atoms with van der Waals surface area (Å²) in [7, 11) is 1.64. The number of amides is 2. The molecule has 0 bridgehead atoms. The number of nitrogens with one attached hydrogen (secondary N) is 1. The van der Waals surface area contributed by atoms with E-state index in [-0.39, 0.29) is 17.6 Å². The molecule has 2 amide bonds. The van der Waals surface area contributed by atoms with Crippen LogP contribution in [-0.2, 0) is 13.2 Å². The molecule has 0 saturated heterocycles. The Morgan fingerprint density at radius 1 is 1.25 bits per heavy atom. The van der Waals surface area contributed by atoms with Gasteiger partial charge in [0.15, 0.2) is 0 Å². The lowest BCUT2D eigenvalue weighted by Crippen LogP contribution is -2.50. The number of carbonyl (C=O) groups excluding carboxylic acids is 1. The van der Waals surface area contributed by atoms with Crippen molar-refractivity contribution in [2.75, 3.05) is 7.11 Å². The predicted octanol–water partition coefficient (Wildman–Crippen LogP) is 4.84. The number of methoxy groups -OCH3 is 1. The highest BCUT2D eigenvalue weighted by Crippen LogP contribution is 2.20. The van der Waals surface area contributed by atoms with E-state index in [2.05, 4.69) is 24.1 Å². The van der Waals surface area contributed by atoms with Crippen molar-refractivity contribution in [2.45, 2.75) is 65.8 Å². The number of benzene rings is 1. The summed E-state index contributed by atoms with van der Waals surface area (Å²) < 4.78 is 10.9. The second-order valence-electron chi connectivity index (χ2n) is 7.76. The molecule has 0 spiro atoms. The lowest BCUT2D eigenvalue weighted by Gasteiger charge is -2.32. The number of aromatic nitrogens is 1. The van der Waals surface area contributed by atoms with E-state index in [1.807, 2.05) is 55.3 Å². The molecule has 2 aromatic rings. The van der Waals surface area contributed by atoms with Crippen molar-refractivity contribution < 1.29 is 14.3 Å². The number of ether oxygens (including phenoxy) is 2. The first-order chi connectivity index (χ1) is 13.2. The molecular formula is C21H31N3O3S. The minimum Gasteiger partial charge on any atom is -0.497 e. The van der Waals surface area contributed by atoms with Gasteiger partial charge in [-0.2, -0.15) is 0 Å². The fourth-order valence-corrected chi connectivity index (χ4v) is 3.22. The van der Waals surface area contributed by atoms with E-state index in [1.165, 1.54) is 0 Å². The minimum atomic E-state index is -0.276. The van der Waals surface area contributed by atoms with E-state index in [0.29, 0.717) is 13.2 Å². The smallest absolute Gasteiger partial charge is 0.318 e. The third-order valence-corrected chi connectivity index (χ3v) is 5.09. The van der Waals surface area contributed by atoms with Crippen LogP contribution in [-0.4, -0.2) is 34.6 Å². The highest BCUT2D eigenvalue weighted by molar-refractivity contribution is 7.09. The molecule has 0 aliphatic rings. The topological polar surface area (TPSA) is 63.7 Å². The first-order valence-electron chi connectivity index (χ1n) is 9.50. The molecule has 1 heterocycles. The van der Waals surface area contributed by atoms with Crippen molar-refractivity contribution >= 4 is 17.4 Å². The van der Waals surface area contributed by atoms with Crippen LogP contribution in [0.1, 0.15) is 51.7 Å². The summed E-state index contributed by atoms with van der Waals surface area (Å²) in [5, 5.41) is 5.92. The Labute approximate surface area is 171 Å². The molecule has 0 unspecified atom stereocenters. The number of thiazole rings is 1. The van der Waals surface area contributed by atoms with Crippen LogP contribution in [0.25, 0.3) is 0 Å². The monoisotopic (exact) mass is 405 g/mol. The molecule has 6 nitrogen and oxygen atoms in total. The van der Waals surface area contributed by atoms with Crippen LogP contribution in [0, 0.1) is 0 Å². The van der Waals surface area contributed by atoms with Crippen LogP contribution in [0.3, 0.4) is 0 Å². The Hall–Kier alpha value is -2.28. The summed E-state index contributed by atoms with van der Waals surface area (Å²) in [5.41, 5.74) is 0.602. The molecule has 7 heteroatoms. The predicted molar refractivity (Wildman–Crippen MR) is 113 cm³/mol. The normalized spacial score (nSPS) is 12.4. The standard InChI is InChI=1S/C21H31N3O3S/c1-7-15(2)24(20(25)23-21(3,4)5)12-16-14-28-19(22-16)13-27-18-10-8-17(26-6)9-11-18/h8-11,14-15H,7,12-13H2,1-6H3,(H,23,25)/t15-/m1/s1. The van der Waals surface area contributed by atoms with Gasteiger partial charge in [0.25, 0.3) is 0 Å². The Morgan fingerprint density at radius 2 is 1.89 bits per heavy atom. The maximum atomic E-state index is 12.7. The number of hydrogen-bond acceptors (Lipinski definition) is 5. The van der Waals surface area contributed by atoms with Crippen molar-refractivity contribution in [3.05, 3.63) is 40.3 Å². The van der Waals surface area contributed by atoms with Gasteiger partial charge in [-0.3, -0.25) is 0 Å². The zero-order valence-electron chi connectivity index (χ0n) is 17.6. The molecular weight excluding hydrogens is 374 g/mol. The largest absolute Gasteiger partial charge is 0.497 e. The van der Waals surface area contributed by atoms with Crippen LogP contribution in [0.15, 0.2) is 29.6 Å². The molecule has 0 saturated carbocycles. The molecule has 0 fully saturated rings. The average Bonchev–Trinajstić information content (AvgIpc) is 3.10. The van der Waals surface area contributed by atoms with Gasteiger partial charge in [-0.25, -0.2) is 9.78 Å². The third-order valence-electron chi connectivity index (χ3n) is 4.22. The second kappa shape index (κ2) is 9.78. The zero-order valence-corrected chi connectivity index (χ0v) is 18.4. The molecule has 1 atom stereocenters. The van der Waals surface area contributed by atoms with Crippen molar-refractivity contribution in [3.63, 3.8) is 0 Å². The van der Waals surface area contributed by atoms with Crippen molar-refractivity contribution in [2.24, 2.45) is 0 Å². The van der Waals surface area contributed by atoms with Gasteiger partial charge in [0, 0.05) is 17.0 Å². The van der Waals surface area contributed by atoms with Crippen LogP contribution in [0.4, 0.5) is 4.79 Å². The van der Waals surface area contributed by atoms with Crippen LogP contribution in [0.2, 0.25) is 0 Å². The Morgan fingerprint density at radius 3 is 2.46 bits per heavy atom. The maximum absolute atomic E-state index is 12.7. The van der Waals surface area contributed by atoms with Gasteiger partial charge in [0.2, 0.25) is 0 Å². The molecule has 1 N–H and O–H groups in total. The quantitative estimate of drug-likeness (QED) is 0.683. The summed E-state index contributed by atoms with van der Waals surface area (Å²) in [6, 6.07) is 7.53. The van der Waals surface area contributed by atoms with Gasteiger partial charge in [-0.15, -0.1) is 11.3 Å². The number of hydrogen-bond donors (Lipinski definition) is 1. The molecule has 28 heavy (non-hydrogen) atoms. The fraction of sp³-hybridized carbons (Fsp3) is 0.524. The van der Waals surface area contributed by atoms with Crippen LogP contribution in [0.5, 0.6) is 11.5 Å². The van der Waals surface area contributed by atoms with Crippen molar-refractivity contribution in [1.82, 2.24) is 15.2 Å². The number of rotatable bonds is 8. The summed E-state index contributed by atoms with van der Waals surface area (Å²) in [6.45, 7) is 11.0. The highest BCUT2D eigenvalue weighted by Gasteiger charge is 2.24. The maximum Gasteiger partial charge on any atom is 0.318 e. The van der Waals surface area contributed by atoms with Gasteiger partial charge in [0.1, 0.15) is 23.1 Å². The number of urea groups is 1. The molecule has 2 rings (SSSR count). The van der Waals surface area contributed by atoms with E-state index in [4.69, 9.17) is 9.47 Å². The Bertz CT molecular complexity index is 753. The fourth-order valence-electron chi connectivity index (χ4n) is 2.52. The Kier molecular flexibility index (Phi) is 7.69. The molecule has 0 aliphatic carbocycles. The van der Waals surface area contributed by atoms with Gasteiger partial charge >= 0.3 is 6.03 Å². The lowest BCUT2D eigenvalue weighted by molar-refractivity contribution is 0.164. The zero-order chi connectivity index (χ0) is 20.7. The summed E-state index contributed by atoms with van der Waals surface area (Å²) in [4.78, 5) is 19.2. The lowest BCUT2D eigenvalue weighted by atomic mass is 10.1. The molecule has 0 aliphatic heterocycles. The number of carbonyl (C=O) groups is 1.